The number of carbonyl (C=O) groups is 1. The third kappa shape index (κ3) is 23.6. The fraction of sp³-hybridized carbons (Fsp3) is 0.723. The first-order valence-corrected chi connectivity index (χ1v) is 22.5. The highest BCUT2D eigenvalue weighted by Crippen LogP contribution is 2.26. The van der Waals surface area contributed by atoms with Crippen LogP contribution in [0.5, 0.6) is 0 Å². The van der Waals surface area contributed by atoms with E-state index in [-0.39, 0.29) is 19.6 Å². The van der Waals surface area contributed by atoms with Crippen LogP contribution < -0.4 is 0 Å². The summed E-state index contributed by atoms with van der Waals surface area (Å²) in [6.07, 6.45) is 25.1. The number of rotatable bonds is 33. The van der Waals surface area contributed by atoms with Gasteiger partial charge in [-0.05, 0) is 64.2 Å². The second kappa shape index (κ2) is 34.9. The number of esters is 1. The molecule has 2 rings (SSSR count). The molecule has 2 aliphatic heterocycles. The molecule has 2 aliphatic rings. The molecule has 0 radical (unpaired) electrons. The first-order valence-electron chi connectivity index (χ1n) is 22.5. The van der Waals surface area contributed by atoms with Crippen LogP contribution in [0.15, 0.2) is 72.9 Å². The molecule has 11 unspecified atom stereocenters. The van der Waals surface area contributed by atoms with E-state index in [2.05, 4.69) is 79.8 Å². The molecule has 11 atom stereocenters. The summed E-state index contributed by atoms with van der Waals surface area (Å²) in [4.78, 5) is 12.6. The second-order valence-electron chi connectivity index (χ2n) is 15.5. The SMILES string of the molecule is CC/C=C\C/C=C\C/C=C\C/C=C\C/C=C\C/C=C\CCCCCCCOCC(COC1OC(COC2OC(CO)C(O)C(O)C2O)C(O)C(O)C1O)OC(=O)CCCCC. The van der Waals surface area contributed by atoms with Gasteiger partial charge in [-0.25, -0.2) is 0 Å². The molecule has 2 heterocycles. The van der Waals surface area contributed by atoms with Crippen molar-refractivity contribution in [1.29, 1.82) is 0 Å². The number of hydrogen-bond donors (Lipinski definition) is 7. The molecule has 0 saturated carbocycles. The molecule has 0 aromatic carbocycles. The second-order valence-corrected chi connectivity index (χ2v) is 15.5. The summed E-state index contributed by atoms with van der Waals surface area (Å²) in [6.45, 7) is 3.29. The Morgan fingerprint density at radius 2 is 1.07 bits per heavy atom. The average molecular weight is 867 g/mol. The molecule has 0 aromatic rings. The van der Waals surface area contributed by atoms with E-state index >= 15 is 0 Å². The number of ether oxygens (including phenoxy) is 6. The summed E-state index contributed by atoms with van der Waals surface area (Å²) in [7, 11) is 0. The van der Waals surface area contributed by atoms with Crippen molar-refractivity contribution >= 4 is 5.97 Å². The van der Waals surface area contributed by atoms with Crippen molar-refractivity contribution in [3.63, 3.8) is 0 Å². The van der Waals surface area contributed by atoms with Gasteiger partial charge in [-0.1, -0.05) is 119 Å². The minimum atomic E-state index is -1.71. The van der Waals surface area contributed by atoms with Crippen LogP contribution in [0.25, 0.3) is 0 Å². The van der Waals surface area contributed by atoms with Crippen LogP contribution in [0.4, 0.5) is 0 Å². The Labute approximate surface area is 364 Å². The van der Waals surface area contributed by atoms with Crippen LogP contribution in [-0.2, 0) is 33.2 Å². The van der Waals surface area contributed by atoms with Crippen LogP contribution >= 0.6 is 0 Å². The van der Waals surface area contributed by atoms with Crippen LogP contribution in [0.1, 0.15) is 117 Å². The smallest absolute Gasteiger partial charge is 0.306 e. The quantitative estimate of drug-likeness (QED) is 0.0258. The summed E-state index contributed by atoms with van der Waals surface area (Å²) in [6, 6.07) is 0. The molecule has 14 nitrogen and oxygen atoms in total. The summed E-state index contributed by atoms with van der Waals surface area (Å²) in [5, 5.41) is 71.5. The molecule has 350 valence electrons. The minimum Gasteiger partial charge on any atom is -0.457 e. The van der Waals surface area contributed by atoms with Crippen LogP contribution in [0.2, 0.25) is 0 Å². The zero-order chi connectivity index (χ0) is 44.5. The van der Waals surface area contributed by atoms with Crippen LogP contribution in [-0.4, -0.2) is 142 Å². The van der Waals surface area contributed by atoms with E-state index in [1.54, 1.807) is 0 Å². The maximum Gasteiger partial charge on any atom is 0.306 e. The van der Waals surface area contributed by atoms with Crippen molar-refractivity contribution in [3.8, 4) is 0 Å². The number of unbranched alkanes of at least 4 members (excludes halogenated alkanes) is 7. The van der Waals surface area contributed by atoms with Gasteiger partial charge in [0.15, 0.2) is 12.6 Å². The number of aliphatic hydroxyl groups is 7. The molecule has 7 N–H and O–H groups in total. The lowest BCUT2D eigenvalue weighted by Gasteiger charge is -2.42. The van der Waals surface area contributed by atoms with E-state index in [0.29, 0.717) is 13.0 Å². The minimum absolute atomic E-state index is 0.0415. The highest BCUT2D eigenvalue weighted by atomic mass is 16.7. The summed E-state index contributed by atoms with van der Waals surface area (Å²) < 4.78 is 33.8. The average Bonchev–Trinajstić information content (AvgIpc) is 3.25. The predicted octanol–water partition coefficient (Wildman–Crippen LogP) is 5.17. The summed E-state index contributed by atoms with van der Waals surface area (Å²) in [5.41, 5.74) is 0. The monoisotopic (exact) mass is 867 g/mol. The largest absolute Gasteiger partial charge is 0.457 e. The van der Waals surface area contributed by atoms with Gasteiger partial charge >= 0.3 is 5.97 Å². The maximum absolute atomic E-state index is 12.6. The fourth-order valence-electron chi connectivity index (χ4n) is 6.52. The molecule has 14 heteroatoms. The van der Waals surface area contributed by atoms with Crippen molar-refractivity contribution < 1.29 is 69.0 Å². The number of allylic oxidation sites excluding steroid dienone is 12. The van der Waals surface area contributed by atoms with E-state index in [1.165, 1.54) is 0 Å². The Balaban J connectivity index is 1.66. The van der Waals surface area contributed by atoms with Crippen molar-refractivity contribution in [2.24, 2.45) is 0 Å². The third-order valence-corrected chi connectivity index (χ3v) is 10.2. The number of carbonyl (C=O) groups excluding carboxylic acids is 1. The highest BCUT2D eigenvalue weighted by molar-refractivity contribution is 5.69. The van der Waals surface area contributed by atoms with Gasteiger partial charge in [0.1, 0.15) is 54.9 Å². The predicted molar refractivity (Wildman–Crippen MR) is 233 cm³/mol. The van der Waals surface area contributed by atoms with Gasteiger partial charge in [-0.3, -0.25) is 4.79 Å². The van der Waals surface area contributed by atoms with Crippen LogP contribution in [0, 0.1) is 0 Å². The molecule has 0 amide bonds. The summed E-state index contributed by atoms with van der Waals surface area (Å²) in [5.74, 6) is -0.413. The standard InChI is InChI=1S/C47H78O14/c1-3-5-7-8-9-10-11-12-13-14-15-16-17-18-19-20-21-22-23-24-25-26-27-29-31-56-33-36(59-39(49)30-28-6-4-2)34-57-46-45(55)43(53)41(51)38(61-46)35-58-47-44(54)42(52)40(50)37(32-48)60-47/h5,7,9-10,12-13,15-16,18-19,21-22,36-38,40-48,50-55H,3-4,6,8,11,14,17,20,23-35H2,1-2H3/b7-5-,10-9-,13-12-,16-15-,19-18-,22-21-. The molecule has 2 saturated heterocycles. The molecular formula is C47H78O14. The first kappa shape index (κ1) is 54.6. The van der Waals surface area contributed by atoms with Crippen molar-refractivity contribution in [2.45, 2.75) is 184 Å². The lowest BCUT2D eigenvalue weighted by atomic mass is 9.98. The lowest BCUT2D eigenvalue weighted by molar-refractivity contribution is -0.332. The molecule has 61 heavy (non-hydrogen) atoms. The fourth-order valence-corrected chi connectivity index (χ4v) is 6.52. The molecule has 0 aliphatic carbocycles. The Morgan fingerprint density at radius 3 is 1.64 bits per heavy atom. The topological polar surface area (TPSA) is 214 Å². The van der Waals surface area contributed by atoms with E-state index < -0.39 is 86.7 Å². The van der Waals surface area contributed by atoms with Crippen molar-refractivity contribution in [3.05, 3.63) is 72.9 Å². The van der Waals surface area contributed by atoms with Crippen molar-refractivity contribution in [1.82, 2.24) is 0 Å². The Kier molecular flexibility index (Phi) is 31.2. The lowest BCUT2D eigenvalue weighted by Crippen LogP contribution is -2.61. The summed E-state index contributed by atoms with van der Waals surface area (Å²) >= 11 is 0. The van der Waals surface area contributed by atoms with Gasteiger partial charge in [0.05, 0.1) is 26.4 Å². The zero-order valence-corrected chi connectivity index (χ0v) is 36.6. The van der Waals surface area contributed by atoms with Gasteiger partial charge in [-0.2, -0.15) is 0 Å². The highest BCUT2D eigenvalue weighted by Gasteiger charge is 2.47. The Bertz CT molecular complexity index is 1280. The third-order valence-electron chi connectivity index (χ3n) is 10.2. The molecule has 2 fully saturated rings. The Hall–Kier alpha value is -2.57. The number of aliphatic hydroxyl groups excluding tert-OH is 7. The molecule has 0 spiro atoms. The van der Waals surface area contributed by atoms with Gasteiger partial charge in [0, 0.05) is 13.0 Å². The van der Waals surface area contributed by atoms with Gasteiger partial charge in [0.2, 0.25) is 0 Å². The van der Waals surface area contributed by atoms with Gasteiger partial charge < -0.3 is 64.2 Å². The normalized spacial score (nSPS) is 28.1. The maximum atomic E-state index is 12.6. The van der Waals surface area contributed by atoms with E-state index in [0.717, 1.165) is 89.9 Å². The van der Waals surface area contributed by atoms with E-state index in [9.17, 15) is 40.5 Å². The number of hydrogen-bond acceptors (Lipinski definition) is 14. The van der Waals surface area contributed by atoms with E-state index in [4.69, 9.17) is 28.4 Å². The first-order chi connectivity index (χ1) is 29.6. The van der Waals surface area contributed by atoms with Gasteiger partial charge in [-0.15, -0.1) is 0 Å². The zero-order valence-electron chi connectivity index (χ0n) is 36.6. The van der Waals surface area contributed by atoms with Gasteiger partial charge in [0.25, 0.3) is 0 Å². The molecule has 0 aromatic heterocycles. The van der Waals surface area contributed by atoms with Crippen LogP contribution in [0.3, 0.4) is 0 Å². The molecule has 0 bridgehead atoms. The van der Waals surface area contributed by atoms with Crippen molar-refractivity contribution in [2.75, 3.05) is 33.0 Å². The van der Waals surface area contributed by atoms with E-state index in [1.807, 2.05) is 6.92 Å². The molecular weight excluding hydrogens is 789 g/mol. The Morgan fingerprint density at radius 1 is 0.557 bits per heavy atom.